The van der Waals surface area contributed by atoms with Crippen LogP contribution in [-0.4, -0.2) is 54.8 Å². The number of hydrogen-bond acceptors (Lipinski definition) is 6. The van der Waals surface area contributed by atoms with Gasteiger partial charge in [0.15, 0.2) is 6.61 Å². The number of carbonyl (C=O) groups excluding carboxylic acids is 2. The molecule has 0 saturated carbocycles. The van der Waals surface area contributed by atoms with Crippen molar-refractivity contribution in [2.24, 2.45) is 10.3 Å². The van der Waals surface area contributed by atoms with Crippen LogP contribution in [-0.2, 0) is 20.8 Å². The SMILES string of the molecule is Cc1cc(C)c2c(c1)CC(=N/OCC(=O)N1CCCCC1)/C=C/CC/C=C/CC(CCN=[N+]=[N-])OC2=O. The molecule has 9 nitrogen and oxygen atoms in total. The lowest BCUT2D eigenvalue weighted by molar-refractivity contribution is -0.137. The number of ether oxygens (including phenoxy) is 1. The van der Waals surface area contributed by atoms with Crippen LogP contribution in [0.2, 0.25) is 0 Å². The third-order valence-electron chi connectivity index (χ3n) is 6.48. The number of oxime groups is 1. The fraction of sp³-hybridized carbons (Fsp3) is 0.536. The van der Waals surface area contributed by atoms with Crippen molar-refractivity contribution in [2.45, 2.75) is 71.3 Å². The number of nitrogens with zero attached hydrogens (tertiary/aromatic N) is 5. The predicted molar refractivity (Wildman–Crippen MR) is 143 cm³/mol. The number of benzene rings is 1. The Balaban J connectivity index is 1.84. The number of allylic oxidation sites excluding steroid dienone is 3. The van der Waals surface area contributed by atoms with Crippen molar-refractivity contribution in [2.75, 3.05) is 26.2 Å². The molecule has 198 valence electrons. The Kier molecular flexibility index (Phi) is 11.2. The van der Waals surface area contributed by atoms with Crippen molar-refractivity contribution < 1.29 is 19.2 Å². The molecule has 1 aromatic rings. The summed E-state index contributed by atoms with van der Waals surface area (Å²) in [7, 11) is 0. The van der Waals surface area contributed by atoms with Crippen molar-refractivity contribution >= 4 is 17.6 Å². The van der Waals surface area contributed by atoms with Crippen LogP contribution in [0.4, 0.5) is 0 Å². The minimum atomic E-state index is -0.409. The van der Waals surface area contributed by atoms with Crippen LogP contribution in [0.25, 0.3) is 10.4 Å². The van der Waals surface area contributed by atoms with E-state index in [1.165, 1.54) is 0 Å². The van der Waals surface area contributed by atoms with Gasteiger partial charge in [0.2, 0.25) is 0 Å². The van der Waals surface area contributed by atoms with E-state index in [0.717, 1.165) is 61.9 Å². The first-order valence-corrected chi connectivity index (χ1v) is 13.1. The number of hydrogen-bond donors (Lipinski definition) is 0. The Labute approximate surface area is 218 Å². The van der Waals surface area contributed by atoms with Gasteiger partial charge in [0.25, 0.3) is 5.91 Å². The lowest BCUT2D eigenvalue weighted by atomic mass is 9.94. The molecule has 2 aliphatic heterocycles. The number of cyclic esters (lactones) is 1. The summed E-state index contributed by atoms with van der Waals surface area (Å²) in [5, 5.41) is 7.90. The maximum Gasteiger partial charge on any atom is 0.338 e. The highest BCUT2D eigenvalue weighted by atomic mass is 16.6. The molecule has 2 aliphatic rings. The second kappa shape index (κ2) is 14.9. The van der Waals surface area contributed by atoms with Crippen molar-refractivity contribution in [3.8, 4) is 0 Å². The Morgan fingerprint density at radius 1 is 1.16 bits per heavy atom. The van der Waals surface area contributed by atoms with Gasteiger partial charge in [-0.05, 0) is 75.1 Å². The zero-order chi connectivity index (χ0) is 26.5. The number of carbonyl (C=O) groups is 2. The van der Waals surface area contributed by atoms with E-state index >= 15 is 0 Å². The van der Waals surface area contributed by atoms with Crippen LogP contribution in [0.3, 0.4) is 0 Å². The standard InChI is InChI=1S/C28H37N5O4/c1-21-17-22(2)27-23(18-21)19-24(31-36-20-26(34)33-15-9-6-10-16-33)11-7-4-3-5-8-12-25(37-28(27)35)13-14-30-32-29/h5,7-8,11,17-18,25H,3-4,6,9-10,12-16,19-20H2,1-2H3/b8-5+,11-7+,31-24+. The fourth-order valence-electron chi connectivity index (χ4n) is 4.67. The summed E-state index contributed by atoms with van der Waals surface area (Å²) in [4.78, 5) is 36.0. The minimum absolute atomic E-state index is 0.0542. The number of fused-ring (bicyclic) bond motifs is 1. The van der Waals surface area contributed by atoms with Crippen LogP contribution in [0.5, 0.6) is 0 Å². The molecule has 0 N–H and O–H groups in total. The first-order valence-electron chi connectivity index (χ1n) is 13.1. The fourth-order valence-corrected chi connectivity index (χ4v) is 4.67. The van der Waals surface area contributed by atoms with E-state index in [2.05, 4.69) is 21.3 Å². The number of amides is 1. The summed E-state index contributed by atoms with van der Waals surface area (Å²) in [5.41, 5.74) is 12.4. The molecule has 0 aromatic heterocycles. The van der Waals surface area contributed by atoms with Gasteiger partial charge in [0.1, 0.15) is 6.10 Å². The van der Waals surface area contributed by atoms with Gasteiger partial charge in [-0.25, -0.2) is 4.79 Å². The highest BCUT2D eigenvalue weighted by Gasteiger charge is 2.22. The van der Waals surface area contributed by atoms with Crippen LogP contribution in [0, 0.1) is 13.8 Å². The van der Waals surface area contributed by atoms with Crippen LogP contribution in [0.1, 0.15) is 72.0 Å². The molecule has 1 aromatic carbocycles. The van der Waals surface area contributed by atoms with Crippen LogP contribution < -0.4 is 0 Å². The van der Waals surface area contributed by atoms with Crippen molar-refractivity contribution in [1.29, 1.82) is 0 Å². The molecule has 0 spiro atoms. The molecule has 1 fully saturated rings. The highest BCUT2D eigenvalue weighted by Crippen LogP contribution is 2.22. The summed E-state index contributed by atoms with van der Waals surface area (Å²) in [6.07, 6.45) is 13.8. The van der Waals surface area contributed by atoms with Gasteiger partial charge in [0.05, 0.1) is 11.3 Å². The average molecular weight is 508 g/mol. The molecule has 0 aliphatic carbocycles. The van der Waals surface area contributed by atoms with E-state index in [-0.39, 0.29) is 19.1 Å². The molecular weight excluding hydrogens is 470 g/mol. The summed E-state index contributed by atoms with van der Waals surface area (Å²) in [6.45, 7) is 5.57. The second-order valence-electron chi connectivity index (χ2n) is 9.55. The number of esters is 1. The Bertz CT molecular complexity index is 1080. The van der Waals surface area contributed by atoms with Gasteiger partial charge in [-0.3, -0.25) is 4.79 Å². The molecule has 0 bridgehead atoms. The number of piperidine rings is 1. The maximum atomic E-state index is 13.3. The Hall–Kier alpha value is -3.58. The summed E-state index contributed by atoms with van der Waals surface area (Å²) in [5.74, 6) is -0.463. The topological polar surface area (TPSA) is 117 Å². The molecule has 3 rings (SSSR count). The first kappa shape index (κ1) is 28.0. The molecule has 1 atom stereocenters. The smallest absolute Gasteiger partial charge is 0.338 e. The number of azide groups is 1. The maximum absolute atomic E-state index is 13.3. The summed E-state index contributed by atoms with van der Waals surface area (Å²) < 4.78 is 5.89. The molecule has 1 saturated heterocycles. The van der Waals surface area contributed by atoms with E-state index in [0.29, 0.717) is 30.5 Å². The van der Waals surface area contributed by atoms with E-state index in [9.17, 15) is 9.59 Å². The molecule has 1 unspecified atom stereocenters. The lowest BCUT2D eigenvalue weighted by Gasteiger charge is -2.26. The Morgan fingerprint density at radius 2 is 1.95 bits per heavy atom. The third-order valence-corrected chi connectivity index (χ3v) is 6.48. The first-order chi connectivity index (χ1) is 18.0. The third kappa shape index (κ3) is 9.10. The van der Waals surface area contributed by atoms with Gasteiger partial charge in [-0.2, -0.15) is 0 Å². The monoisotopic (exact) mass is 507 g/mol. The minimum Gasteiger partial charge on any atom is -0.458 e. The van der Waals surface area contributed by atoms with Crippen LogP contribution >= 0.6 is 0 Å². The number of aryl methyl sites for hydroxylation is 2. The van der Waals surface area contributed by atoms with E-state index in [4.69, 9.17) is 15.1 Å². The van der Waals surface area contributed by atoms with Gasteiger partial charge in [-0.1, -0.05) is 46.2 Å². The largest absolute Gasteiger partial charge is 0.458 e. The van der Waals surface area contributed by atoms with Crippen LogP contribution in [0.15, 0.2) is 46.7 Å². The van der Waals surface area contributed by atoms with Crippen molar-refractivity contribution in [3.63, 3.8) is 0 Å². The highest BCUT2D eigenvalue weighted by molar-refractivity contribution is 6.00. The zero-order valence-corrected chi connectivity index (χ0v) is 21.9. The number of rotatable bonds is 6. The molecule has 9 heteroatoms. The molecule has 1 amide bonds. The van der Waals surface area contributed by atoms with E-state index in [1.807, 2.05) is 49.1 Å². The predicted octanol–water partition coefficient (Wildman–Crippen LogP) is 5.75. The second-order valence-corrected chi connectivity index (χ2v) is 9.55. The molecule has 37 heavy (non-hydrogen) atoms. The van der Waals surface area contributed by atoms with Gasteiger partial charge < -0.3 is 14.5 Å². The zero-order valence-electron chi connectivity index (χ0n) is 21.9. The summed E-state index contributed by atoms with van der Waals surface area (Å²) in [6, 6.07) is 3.92. The summed E-state index contributed by atoms with van der Waals surface area (Å²) >= 11 is 0. The molecule has 2 heterocycles. The van der Waals surface area contributed by atoms with Gasteiger partial charge in [0, 0.05) is 37.4 Å². The molecular formula is C28H37N5O4. The average Bonchev–Trinajstić information content (AvgIpc) is 2.87. The Morgan fingerprint density at radius 3 is 2.73 bits per heavy atom. The lowest BCUT2D eigenvalue weighted by Crippen LogP contribution is -2.37. The van der Waals surface area contributed by atoms with E-state index < -0.39 is 12.1 Å². The quantitative estimate of drug-likeness (QED) is 0.122. The van der Waals surface area contributed by atoms with Crippen molar-refractivity contribution in [1.82, 2.24) is 4.90 Å². The molecule has 0 radical (unpaired) electrons. The van der Waals surface area contributed by atoms with Gasteiger partial charge >= 0.3 is 5.97 Å². The number of likely N-dealkylation sites (tertiary alicyclic amines) is 1. The van der Waals surface area contributed by atoms with E-state index in [1.54, 1.807) is 0 Å². The van der Waals surface area contributed by atoms with Crippen molar-refractivity contribution in [3.05, 3.63) is 69.1 Å². The normalized spacial score (nSPS) is 21.7. The van der Waals surface area contributed by atoms with Gasteiger partial charge in [-0.15, -0.1) is 0 Å².